The zero-order chi connectivity index (χ0) is 65.4. The maximum absolute atomic E-state index is 14.1. The summed E-state index contributed by atoms with van der Waals surface area (Å²) in [6.07, 6.45) is 28.0. The number of rotatable bonds is 59. The third-order valence-electron chi connectivity index (χ3n) is 16.8. The highest BCUT2D eigenvalue weighted by Gasteiger charge is 2.52. The van der Waals surface area contributed by atoms with Crippen molar-refractivity contribution in [3.8, 4) is 0 Å². The molecule has 524 valence electrons. The van der Waals surface area contributed by atoms with Crippen LogP contribution >= 0.6 is 15.6 Å². The highest BCUT2D eigenvalue weighted by Crippen LogP contribution is 2.38. The molecule has 3 N–H and O–H groups in total. The first kappa shape index (κ1) is 83.3. The summed E-state index contributed by atoms with van der Waals surface area (Å²) in [6.45, 7) is 7.64. The second kappa shape index (κ2) is 52.5. The standard InChI is InChI=1S/C66H126N2O19P2/c1-7-11-15-19-22-25-26-27-28-29-30-32-34-38-42-46-57(70)67-60-64(82-49-47-54(80-6)45-41-36-18-14-10-4)62(86-88(73,74)75)56(51-79-5)85-65(60)83-52-55-61(72)63(81-48-43-39-35-24-21-17-13-9-3)59(66(84-55)87-89(76,77)78)68-58(71)50-53(69)44-40-37-33-31-23-20-16-12-8-2/h25-26,54-56,59-66,72H,7-24,27-52H2,1-6H3,(H,67,70)(H,68,71)(H2,73,74,75)(H2,76,77,78)/p-4/b26-25-/t54-,55-,56-,59-,60-,61-,62-,63-,64-,65-,66-/m1/s1. The van der Waals surface area contributed by atoms with Gasteiger partial charge in [-0.2, -0.15) is 0 Å². The summed E-state index contributed by atoms with van der Waals surface area (Å²) in [5, 5.41) is 17.7. The largest absolute Gasteiger partial charge is 0.790 e. The third kappa shape index (κ3) is 41.0. The maximum atomic E-state index is 14.1. The monoisotopic (exact) mass is 1310 g/mol. The molecule has 2 rings (SSSR count). The molecule has 0 aromatic heterocycles. The van der Waals surface area contributed by atoms with E-state index in [1.165, 1.54) is 58.5 Å². The minimum Gasteiger partial charge on any atom is -0.790 e. The predicted octanol–water partition coefficient (Wildman–Crippen LogP) is 11.1. The molecule has 0 bridgehead atoms. The number of ketones is 1. The molecule has 2 aliphatic heterocycles. The van der Waals surface area contributed by atoms with Crippen molar-refractivity contribution in [1.82, 2.24) is 10.6 Å². The number of carbonyl (C=O) groups excluding carboxylic acids is 3. The van der Waals surface area contributed by atoms with E-state index in [4.69, 9.17) is 42.2 Å². The topological polar surface area (TPSA) is 305 Å². The molecule has 23 heteroatoms. The second-order valence-corrected chi connectivity index (χ2v) is 27.0. The molecule has 0 aromatic carbocycles. The van der Waals surface area contributed by atoms with Gasteiger partial charge in [-0.3, -0.25) is 14.4 Å². The van der Waals surface area contributed by atoms with Crippen LogP contribution in [0.25, 0.3) is 0 Å². The van der Waals surface area contributed by atoms with Gasteiger partial charge in [0, 0.05) is 40.3 Å². The van der Waals surface area contributed by atoms with E-state index >= 15 is 0 Å². The van der Waals surface area contributed by atoms with E-state index in [9.17, 15) is 48.2 Å². The molecule has 2 heterocycles. The molecule has 89 heavy (non-hydrogen) atoms. The van der Waals surface area contributed by atoms with Crippen molar-refractivity contribution in [3.05, 3.63) is 12.2 Å². The van der Waals surface area contributed by atoms with Crippen LogP contribution in [-0.2, 0) is 65.7 Å². The van der Waals surface area contributed by atoms with Gasteiger partial charge in [-0.15, -0.1) is 0 Å². The first-order valence-corrected chi connectivity index (χ1v) is 37.9. The van der Waals surface area contributed by atoms with Crippen molar-refractivity contribution < 1.29 is 90.4 Å². The summed E-state index contributed by atoms with van der Waals surface area (Å²) in [6, 6.07) is -3.00. The highest BCUT2D eigenvalue weighted by molar-refractivity contribution is 7.43. The lowest BCUT2D eigenvalue weighted by molar-refractivity contribution is -0.365. The third-order valence-corrected chi connectivity index (χ3v) is 17.8. The van der Waals surface area contributed by atoms with Gasteiger partial charge in [0.05, 0.1) is 41.4 Å². The number of nitrogens with one attached hydrogen (secondary N) is 2. The number of amides is 2. The molecule has 0 spiro atoms. The normalized spacial score (nSPS) is 22.9. The number of Topliss-reactive ketones (excluding diaryl/α,β-unsaturated/α-hetero) is 1. The van der Waals surface area contributed by atoms with E-state index in [1.807, 2.05) is 0 Å². The first-order chi connectivity index (χ1) is 42.9. The van der Waals surface area contributed by atoms with Gasteiger partial charge in [0.15, 0.2) is 12.6 Å². The fraction of sp³-hybridized carbons (Fsp3) is 0.924. The molecule has 2 saturated heterocycles. The van der Waals surface area contributed by atoms with Crippen molar-refractivity contribution in [3.63, 3.8) is 0 Å². The zero-order valence-electron chi connectivity index (χ0n) is 55.8. The Hall–Kier alpha value is -1.75. The van der Waals surface area contributed by atoms with Crippen molar-refractivity contribution in [2.24, 2.45) is 0 Å². The molecule has 2 amide bonds. The summed E-state index contributed by atoms with van der Waals surface area (Å²) in [4.78, 5) is 90.9. The van der Waals surface area contributed by atoms with Crippen molar-refractivity contribution in [2.75, 3.05) is 40.6 Å². The number of ether oxygens (including phenoxy) is 7. The summed E-state index contributed by atoms with van der Waals surface area (Å²) in [5.74, 6) is -1.64. The zero-order valence-corrected chi connectivity index (χ0v) is 57.6. The first-order valence-electron chi connectivity index (χ1n) is 34.9. The lowest BCUT2D eigenvalue weighted by atomic mass is 9.95. The minimum atomic E-state index is -5.90. The number of hydrogen-bond donors (Lipinski definition) is 3. The number of aliphatic hydroxyl groups excluding tert-OH is 1. The fourth-order valence-corrected chi connectivity index (χ4v) is 12.7. The van der Waals surface area contributed by atoms with Gasteiger partial charge in [-0.1, -0.05) is 220 Å². The van der Waals surface area contributed by atoms with Crippen LogP contribution in [0, 0.1) is 0 Å². The van der Waals surface area contributed by atoms with Gasteiger partial charge < -0.3 is 86.6 Å². The fourth-order valence-electron chi connectivity index (χ4n) is 11.7. The molecule has 11 atom stereocenters. The molecule has 0 saturated carbocycles. The van der Waals surface area contributed by atoms with E-state index in [-0.39, 0.29) is 44.5 Å². The molecular formula is C66H122N2O19P2-4. The number of unbranched alkanes of at least 4 members (excludes halogenated alkanes) is 30. The Morgan fingerprint density at radius 1 is 0.483 bits per heavy atom. The average molecular weight is 1310 g/mol. The average Bonchev–Trinajstić information content (AvgIpc) is 0.966. The molecule has 21 nitrogen and oxygen atoms in total. The van der Waals surface area contributed by atoms with Gasteiger partial charge in [-0.25, -0.2) is 0 Å². The Labute approximate surface area is 536 Å². The van der Waals surface area contributed by atoms with E-state index in [1.54, 1.807) is 7.11 Å². The summed E-state index contributed by atoms with van der Waals surface area (Å²) in [5.41, 5.74) is 0. The Morgan fingerprint density at radius 3 is 1.46 bits per heavy atom. The molecule has 0 aliphatic carbocycles. The molecule has 0 radical (unpaired) electrons. The van der Waals surface area contributed by atoms with Crippen LogP contribution in [0.4, 0.5) is 0 Å². The van der Waals surface area contributed by atoms with E-state index in [0.29, 0.717) is 25.7 Å². The quantitative estimate of drug-likeness (QED) is 0.0220. The molecule has 0 unspecified atom stereocenters. The van der Waals surface area contributed by atoms with E-state index in [0.717, 1.165) is 161 Å². The van der Waals surface area contributed by atoms with Gasteiger partial charge in [0.2, 0.25) is 11.8 Å². The Bertz CT molecular complexity index is 1900. The highest BCUT2D eigenvalue weighted by atomic mass is 31.2. The minimum absolute atomic E-state index is 0.0372. The molecule has 2 fully saturated rings. The number of allylic oxidation sites excluding steroid dienone is 2. The Balaban J connectivity index is 2.45. The Morgan fingerprint density at radius 2 is 0.933 bits per heavy atom. The van der Waals surface area contributed by atoms with Crippen LogP contribution in [0.1, 0.15) is 285 Å². The van der Waals surface area contributed by atoms with Crippen molar-refractivity contribution >= 4 is 33.2 Å². The number of methoxy groups -OCH3 is 2. The predicted molar refractivity (Wildman–Crippen MR) is 338 cm³/mol. The van der Waals surface area contributed by atoms with E-state index in [2.05, 4.69) is 50.5 Å². The van der Waals surface area contributed by atoms with Gasteiger partial charge in [-0.05, 0) is 57.8 Å². The maximum Gasteiger partial charge on any atom is 0.227 e. The van der Waals surface area contributed by atoms with Crippen LogP contribution in [-0.4, -0.2) is 131 Å². The van der Waals surface area contributed by atoms with Crippen LogP contribution in [0.5, 0.6) is 0 Å². The van der Waals surface area contributed by atoms with Gasteiger partial charge in [0.25, 0.3) is 0 Å². The van der Waals surface area contributed by atoms with Crippen molar-refractivity contribution in [2.45, 2.75) is 352 Å². The SMILES string of the molecule is CCCCCC/C=C\CCCCCCCCCC(=O)N[C@H]1[C@H](OC[C@H]2O[C@H](OP(=O)([O-])[O-])[C@H](NC(=O)CC(=O)CCCCCCCCCCC)[C@@H](OCCCCCCCCCC)[C@@H]2O)O[C@H](COC)[C@@H](OP(=O)([O-])[O-])[C@@H]1OCC[C@@H](CCCCCCC)OC. The molecular weight excluding hydrogens is 1190 g/mol. The lowest BCUT2D eigenvalue weighted by Gasteiger charge is -2.49. The van der Waals surface area contributed by atoms with Crippen LogP contribution in [0.2, 0.25) is 0 Å². The van der Waals surface area contributed by atoms with Crippen LogP contribution in [0.15, 0.2) is 12.2 Å². The summed E-state index contributed by atoms with van der Waals surface area (Å²) >= 11 is 0. The molecule has 0 aromatic rings. The number of phosphoric acid groups is 2. The second-order valence-electron chi connectivity index (χ2n) is 24.7. The van der Waals surface area contributed by atoms with Crippen LogP contribution in [0.3, 0.4) is 0 Å². The number of carbonyl (C=O) groups is 3. The van der Waals surface area contributed by atoms with Gasteiger partial charge >= 0.3 is 0 Å². The Kier molecular flexibility index (Phi) is 49.2. The number of phosphoric ester groups is 2. The summed E-state index contributed by atoms with van der Waals surface area (Å²) < 4.78 is 77.9. The van der Waals surface area contributed by atoms with E-state index < -0.39 is 102 Å². The number of aliphatic hydroxyl groups is 1. The summed E-state index contributed by atoms with van der Waals surface area (Å²) in [7, 11) is -8.77. The lowest BCUT2D eigenvalue weighted by Crippen LogP contribution is -2.68. The molecule has 2 aliphatic rings. The van der Waals surface area contributed by atoms with Crippen LogP contribution < -0.4 is 30.2 Å². The van der Waals surface area contributed by atoms with Crippen molar-refractivity contribution in [1.29, 1.82) is 0 Å². The van der Waals surface area contributed by atoms with Gasteiger partial charge in [0.1, 0.15) is 54.5 Å². The smallest absolute Gasteiger partial charge is 0.227 e. The number of hydrogen-bond acceptors (Lipinski definition) is 19.